The number of methoxy groups -OCH3 is 2. The molecule has 0 aliphatic carbocycles. The van der Waals surface area contributed by atoms with Crippen molar-refractivity contribution >= 4 is 17.2 Å². The zero-order chi connectivity index (χ0) is 19.4. The molecule has 1 atom stereocenters. The second-order valence-corrected chi connectivity index (χ2v) is 7.02. The molecule has 0 bridgehead atoms. The molecule has 0 fully saturated rings. The number of rotatable bonds is 7. The average Bonchev–Trinajstić information content (AvgIpc) is 3.31. The van der Waals surface area contributed by atoms with Crippen LogP contribution in [0.4, 0.5) is 0 Å². The first-order chi connectivity index (χ1) is 13.0. The van der Waals surface area contributed by atoms with Crippen LogP contribution in [-0.2, 0) is 11.2 Å². The van der Waals surface area contributed by atoms with Gasteiger partial charge in [0.1, 0.15) is 17.3 Å². The van der Waals surface area contributed by atoms with Crippen LogP contribution in [0.3, 0.4) is 0 Å². The fraction of sp³-hybridized carbons (Fsp3) is 0.300. The maximum Gasteiger partial charge on any atom is 0.236 e. The SMILES string of the molecule is COc1ccc(C(C)NC(=O)Cc2nc(-c3cccs3)oc2C)c(OC)c1. The highest BCUT2D eigenvalue weighted by Gasteiger charge is 2.18. The summed E-state index contributed by atoms with van der Waals surface area (Å²) in [7, 11) is 3.20. The number of aryl methyl sites for hydroxylation is 1. The summed E-state index contributed by atoms with van der Waals surface area (Å²) in [6, 6.07) is 9.19. The Balaban J connectivity index is 1.69. The molecule has 142 valence electrons. The number of hydrogen-bond acceptors (Lipinski definition) is 6. The number of hydrogen-bond donors (Lipinski definition) is 1. The van der Waals surface area contributed by atoms with Crippen LogP contribution in [0.15, 0.2) is 40.1 Å². The maximum absolute atomic E-state index is 12.5. The van der Waals surface area contributed by atoms with Gasteiger partial charge in [0.15, 0.2) is 0 Å². The van der Waals surface area contributed by atoms with Gasteiger partial charge in [0, 0.05) is 11.6 Å². The van der Waals surface area contributed by atoms with Crippen LogP contribution < -0.4 is 14.8 Å². The van der Waals surface area contributed by atoms with E-state index < -0.39 is 0 Å². The van der Waals surface area contributed by atoms with E-state index in [1.54, 1.807) is 31.6 Å². The van der Waals surface area contributed by atoms with Crippen molar-refractivity contribution < 1.29 is 18.7 Å². The number of aromatic nitrogens is 1. The van der Waals surface area contributed by atoms with Gasteiger partial charge in [-0.3, -0.25) is 4.79 Å². The first-order valence-electron chi connectivity index (χ1n) is 8.53. The number of carbonyl (C=O) groups excluding carboxylic acids is 1. The molecule has 1 amide bonds. The second kappa shape index (κ2) is 8.26. The van der Waals surface area contributed by atoms with Gasteiger partial charge in [-0.15, -0.1) is 11.3 Å². The van der Waals surface area contributed by atoms with Crippen molar-refractivity contribution in [2.24, 2.45) is 0 Å². The van der Waals surface area contributed by atoms with Crippen molar-refractivity contribution in [1.29, 1.82) is 0 Å². The number of amides is 1. The minimum atomic E-state index is -0.220. The summed E-state index contributed by atoms with van der Waals surface area (Å²) in [6.45, 7) is 3.73. The molecule has 2 aromatic heterocycles. The minimum Gasteiger partial charge on any atom is -0.497 e. The first-order valence-corrected chi connectivity index (χ1v) is 9.41. The lowest BCUT2D eigenvalue weighted by Gasteiger charge is -2.18. The molecule has 3 aromatic rings. The van der Waals surface area contributed by atoms with Crippen molar-refractivity contribution in [1.82, 2.24) is 10.3 Å². The van der Waals surface area contributed by atoms with Crippen LogP contribution in [0.5, 0.6) is 11.5 Å². The molecule has 0 aliphatic rings. The van der Waals surface area contributed by atoms with E-state index in [-0.39, 0.29) is 18.4 Å². The van der Waals surface area contributed by atoms with Crippen molar-refractivity contribution in [3.05, 3.63) is 52.7 Å². The summed E-state index contributed by atoms with van der Waals surface area (Å²) in [6.07, 6.45) is 0.156. The number of ether oxygens (including phenoxy) is 2. The van der Waals surface area contributed by atoms with Crippen LogP contribution in [0.25, 0.3) is 10.8 Å². The predicted molar refractivity (Wildman–Crippen MR) is 104 cm³/mol. The van der Waals surface area contributed by atoms with E-state index >= 15 is 0 Å². The highest BCUT2D eigenvalue weighted by Crippen LogP contribution is 2.30. The molecular formula is C20H22N2O4S. The van der Waals surface area contributed by atoms with Gasteiger partial charge in [0.2, 0.25) is 11.8 Å². The van der Waals surface area contributed by atoms with E-state index in [1.807, 2.05) is 43.5 Å². The Bertz CT molecular complexity index is 918. The summed E-state index contributed by atoms with van der Waals surface area (Å²) in [5, 5.41) is 4.95. The molecule has 1 unspecified atom stereocenters. The van der Waals surface area contributed by atoms with E-state index in [0.29, 0.717) is 28.8 Å². The number of oxazole rings is 1. The molecule has 3 rings (SSSR count). The molecule has 0 saturated carbocycles. The lowest BCUT2D eigenvalue weighted by Crippen LogP contribution is -2.28. The Morgan fingerprint density at radius 1 is 1.30 bits per heavy atom. The van der Waals surface area contributed by atoms with Crippen molar-refractivity contribution in [2.45, 2.75) is 26.3 Å². The number of nitrogens with zero attached hydrogens (tertiary/aromatic N) is 1. The van der Waals surface area contributed by atoms with Gasteiger partial charge >= 0.3 is 0 Å². The second-order valence-electron chi connectivity index (χ2n) is 6.07. The van der Waals surface area contributed by atoms with Gasteiger partial charge in [0.05, 0.1) is 37.3 Å². The quantitative estimate of drug-likeness (QED) is 0.660. The summed E-state index contributed by atoms with van der Waals surface area (Å²) < 4.78 is 16.3. The first kappa shape index (κ1) is 19.0. The van der Waals surface area contributed by atoms with Crippen LogP contribution >= 0.6 is 11.3 Å². The monoisotopic (exact) mass is 386 g/mol. The fourth-order valence-electron chi connectivity index (χ4n) is 2.80. The normalized spacial score (nSPS) is 11.9. The topological polar surface area (TPSA) is 73.6 Å². The number of thiophene rings is 1. The van der Waals surface area contributed by atoms with E-state index in [4.69, 9.17) is 13.9 Å². The third kappa shape index (κ3) is 4.31. The van der Waals surface area contributed by atoms with Crippen LogP contribution in [-0.4, -0.2) is 25.1 Å². The molecule has 0 saturated heterocycles. The van der Waals surface area contributed by atoms with Gasteiger partial charge in [-0.2, -0.15) is 0 Å². The Labute approximate surface area is 162 Å². The highest BCUT2D eigenvalue weighted by atomic mass is 32.1. The smallest absolute Gasteiger partial charge is 0.236 e. The van der Waals surface area contributed by atoms with E-state index in [0.717, 1.165) is 10.4 Å². The van der Waals surface area contributed by atoms with Gasteiger partial charge in [0.25, 0.3) is 0 Å². The Hall–Kier alpha value is -2.80. The fourth-order valence-corrected chi connectivity index (χ4v) is 3.45. The Kier molecular flexibility index (Phi) is 5.81. The van der Waals surface area contributed by atoms with Gasteiger partial charge in [-0.05, 0) is 37.4 Å². The highest BCUT2D eigenvalue weighted by molar-refractivity contribution is 7.13. The third-order valence-electron chi connectivity index (χ3n) is 4.24. The maximum atomic E-state index is 12.5. The molecule has 0 spiro atoms. The molecule has 7 heteroatoms. The number of nitrogens with one attached hydrogen (secondary N) is 1. The Morgan fingerprint density at radius 2 is 2.11 bits per heavy atom. The molecule has 6 nitrogen and oxygen atoms in total. The average molecular weight is 386 g/mol. The van der Waals surface area contributed by atoms with E-state index in [9.17, 15) is 4.79 Å². The molecule has 0 aliphatic heterocycles. The van der Waals surface area contributed by atoms with Crippen LogP contribution in [0.1, 0.15) is 30.0 Å². The van der Waals surface area contributed by atoms with E-state index in [1.165, 1.54) is 0 Å². The molecule has 0 radical (unpaired) electrons. The Morgan fingerprint density at radius 3 is 2.78 bits per heavy atom. The number of benzene rings is 1. The molecule has 1 N–H and O–H groups in total. The van der Waals surface area contributed by atoms with E-state index in [2.05, 4.69) is 10.3 Å². The molecule has 2 heterocycles. The molecular weight excluding hydrogens is 364 g/mol. The zero-order valence-corrected chi connectivity index (χ0v) is 16.6. The largest absolute Gasteiger partial charge is 0.497 e. The van der Waals surface area contributed by atoms with Crippen molar-refractivity contribution in [2.75, 3.05) is 14.2 Å². The summed E-state index contributed by atoms with van der Waals surface area (Å²) in [4.78, 5) is 17.9. The predicted octanol–water partition coefficient (Wildman–Crippen LogP) is 4.15. The zero-order valence-electron chi connectivity index (χ0n) is 15.7. The lowest BCUT2D eigenvalue weighted by atomic mass is 10.1. The standard InChI is InChI=1S/C20H22N2O4S/c1-12(15-8-7-14(24-3)10-17(15)25-4)21-19(23)11-16-13(2)26-20(22-16)18-6-5-9-27-18/h5-10,12H,11H2,1-4H3,(H,21,23). The summed E-state index contributed by atoms with van der Waals surface area (Å²) in [5.74, 6) is 2.45. The van der Waals surface area contributed by atoms with Gasteiger partial charge in [-0.25, -0.2) is 4.98 Å². The van der Waals surface area contributed by atoms with Crippen LogP contribution in [0, 0.1) is 6.92 Å². The number of carbonyl (C=O) groups is 1. The molecule has 1 aromatic carbocycles. The minimum absolute atomic E-state index is 0.130. The molecule has 27 heavy (non-hydrogen) atoms. The van der Waals surface area contributed by atoms with Gasteiger partial charge < -0.3 is 19.2 Å². The van der Waals surface area contributed by atoms with Crippen molar-refractivity contribution in [3.8, 4) is 22.3 Å². The van der Waals surface area contributed by atoms with Crippen LogP contribution in [0.2, 0.25) is 0 Å². The van der Waals surface area contributed by atoms with Crippen molar-refractivity contribution in [3.63, 3.8) is 0 Å². The summed E-state index contributed by atoms with van der Waals surface area (Å²) in [5.41, 5.74) is 1.52. The summed E-state index contributed by atoms with van der Waals surface area (Å²) >= 11 is 1.55. The third-order valence-corrected chi connectivity index (χ3v) is 5.10. The lowest BCUT2D eigenvalue weighted by molar-refractivity contribution is -0.121. The van der Waals surface area contributed by atoms with Gasteiger partial charge in [-0.1, -0.05) is 6.07 Å².